The minimum atomic E-state index is -1.76. The van der Waals surface area contributed by atoms with Crippen LogP contribution in [-0.4, -0.2) is 147 Å². The van der Waals surface area contributed by atoms with Gasteiger partial charge in [0.2, 0.25) is 41.4 Å². The van der Waals surface area contributed by atoms with Crippen LogP contribution in [0.5, 0.6) is 0 Å². The average molecular weight is 846 g/mol. The maximum atomic E-state index is 13.3. The van der Waals surface area contributed by atoms with Crippen molar-refractivity contribution in [2.45, 2.75) is 135 Å². The number of guanidine groups is 1. The summed E-state index contributed by atoms with van der Waals surface area (Å²) in [5.74, 6) is -10.4. The van der Waals surface area contributed by atoms with E-state index in [1.807, 2.05) is 6.92 Å². The van der Waals surface area contributed by atoms with Crippen molar-refractivity contribution in [3.8, 4) is 0 Å². The van der Waals surface area contributed by atoms with Gasteiger partial charge < -0.3 is 74.8 Å². The summed E-state index contributed by atoms with van der Waals surface area (Å²) in [7, 11) is 0. The van der Waals surface area contributed by atoms with Gasteiger partial charge in [-0.25, -0.2) is 4.79 Å². The minimum Gasteiger partial charge on any atom is -0.481 e. The SMILES string of the molecule is CC[C@H](C)[C@H](N)C(=O)N[C@@H](C)C(=O)N[C@@H](CC(=O)O)C(=O)N[C@@H](CC(C)C)C(=O)NCC(=O)N[C@H](C(=O)N[C@H](C(=O)N[C@@H](CCCN=C(N)N)C(=O)O)[C@@H](C)O)[C@@H](C)O. The second-order valence-corrected chi connectivity index (χ2v) is 14.6. The van der Waals surface area contributed by atoms with Gasteiger partial charge in [0.1, 0.15) is 36.3 Å². The predicted octanol–water partition coefficient (Wildman–Crippen LogP) is -5.17. The largest absolute Gasteiger partial charge is 0.481 e. The second kappa shape index (κ2) is 26.4. The molecule has 0 aliphatic rings. The highest BCUT2D eigenvalue weighted by Crippen LogP contribution is 2.08. The fourth-order valence-corrected chi connectivity index (χ4v) is 5.13. The molecule has 0 bridgehead atoms. The Hall–Kier alpha value is -5.62. The van der Waals surface area contributed by atoms with Gasteiger partial charge in [-0.15, -0.1) is 0 Å². The molecule has 0 aromatic rings. The van der Waals surface area contributed by atoms with E-state index < -0.39 is 121 Å². The summed E-state index contributed by atoms with van der Waals surface area (Å²) in [6, 6.07) is -10.2. The number of carbonyl (C=O) groups is 9. The molecule has 24 heteroatoms. The molecule has 0 aromatic heterocycles. The molecule has 17 N–H and O–H groups in total. The van der Waals surface area contributed by atoms with Crippen LogP contribution >= 0.6 is 0 Å². The topological polar surface area (TPSA) is 409 Å². The second-order valence-electron chi connectivity index (χ2n) is 14.6. The highest BCUT2D eigenvalue weighted by molar-refractivity contribution is 5.97. The fraction of sp³-hybridized carbons (Fsp3) is 0.714. The average Bonchev–Trinajstić information content (AvgIpc) is 3.13. The molecule has 0 spiro atoms. The Morgan fingerprint density at radius 2 is 1.17 bits per heavy atom. The van der Waals surface area contributed by atoms with E-state index >= 15 is 0 Å². The maximum absolute atomic E-state index is 13.3. The summed E-state index contributed by atoms with van der Waals surface area (Å²) in [6.07, 6.45) is -3.49. The zero-order valence-electron chi connectivity index (χ0n) is 34.4. The number of aliphatic imine (C=N–C) groups is 1. The molecule has 0 aliphatic carbocycles. The number of carbonyl (C=O) groups excluding carboxylic acids is 7. The summed E-state index contributed by atoms with van der Waals surface area (Å²) in [5.41, 5.74) is 16.4. The van der Waals surface area contributed by atoms with Crippen LogP contribution in [-0.2, 0) is 43.2 Å². The fourth-order valence-electron chi connectivity index (χ4n) is 5.13. The molecule has 0 saturated carbocycles. The van der Waals surface area contributed by atoms with Crippen molar-refractivity contribution in [1.82, 2.24) is 37.2 Å². The van der Waals surface area contributed by atoms with Crippen molar-refractivity contribution < 1.29 is 63.6 Å². The van der Waals surface area contributed by atoms with Gasteiger partial charge in [-0.2, -0.15) is 0 Å². The highest BCUT2D eigenvalue weighted by atomic mass is 16.4. The highest BCUT2D eigenvalue weighted by Gasteiger charge is 2.35. The van der Waals surface area contributed by atoms with Crippen LogP contribution in [0.3, 0.4) is 0 Å². The van der Waals surface area contributed by atoms with Crippen LogP contribution in [0.25, 0.3) is 0 Å². The Morgan fingerprint density at radius 3 is 1.66 bits per heavy atom. The standard InChI is InChI=1S/C35H63N11O13/c1-8-16(4)25(36)31(55)41-17(5)28(52)43-22(13-24(50)51)30(54)44-21(12-15(2)3)29(53)40-14-23(49)45-26(18(6)47)33(57)46-27(19(7)48)32(56)42-20(34(58)59)10-9-11-39-35(37)38/h15-22,25-27,47-48H,8-14,36H2,1-7H3,(H,40,53)(H,41,55)(H,42,56)(H,43,52)(H,44,54)(H,45,49)(H,46,57)(H,50,51)(H,58,59)(H4,37,38,39)/t16-,17-,18+,19+,20-,21-,22-,25-,26-,27-/m0/s1. The molecule has 7 amide bonds. The molecular weight excluding hydrogens is 782 g/mol. The lowest BCUT2D eigenvalue weighted by atomic mass is 9.99. The quantitative estimate of drug-likeness (QED) is 0.0209. The third kappa shape index (κ3) is 20.6. The van der Waals surface area contributed by atoms with Gasteiger partial charge in [0, 0.05) is 6.54 Å². The van der Waals surface area contributed by atoms with Crippen molar-refractivity contribution in [3.63, 3.8) is 0 Å². The summed E-state index contributed by atoms with van der Waals surface area (Å²) < 4.78 is 0. The van der Waals surface area contributed by atoms with Crippen molar-refractivity contribution in [3.05, 3.63) is 0 Å². The van der Waals surface area contributed by atoms with E-state index in [1.165, 1.54) is 6.92 Å². The molecule has 0 heterocycles. The van der Waals surface area contributed by atoms with Gasteiger partial charge in [-0.05, 0) is 51.9 Å². The Bertz CT molecular complexity index is 1500. The molecule has 336 valence electrons. The number of aliphatic hydroxyl groups excluding tert-OH is 2. The summed E-state index contributed by atoms with van der Waals surface area (Å²) in [6.45, 7) is 9.77. The summed E-state index contributed by atoms with van der Waals surface area (Å²) in [4.78, 5) is 118. The first-order valence-corrected chi connectivity index (χ1v) is 19.0. The minimum absolute atomic E-state index is 0.0204. The first kappa shape index (κ1) is 53.4. The zero-order valence-corrected chi connectivity index (χ0v) is 34.4. The Balaban J connectivity index is 5.74. The third-order valence-electron chi connectivity index (χ3n) is 8.79. The van der Waals surface area contributed by atoms with Gasteiger partial charge in [0.05, 0.1) is 31.2 Å². The molecule has 0 rings (SSSR count). The molecule has 59 heavy (non-hydrogen) atoms. The number of nitrogens with zero attached hydrogens (tertiary/aromatic N) is 1. The lowest BCUT2D eigenvalue weighted by Crippen LogP contribution is -2.61. The van der Waals surface area contributed by atoms with Gasteiger partial charge in [0.25, 0.3) is 0 Å². The van der Waals surface area contributed by atoms with E-state index in [0.29, 0.717) is 6.42 Å². The van der Waals surface area contributed by atoms with E-state index in [1.54, 1.807) is 20.8 Å². The molecule has 10 atom stereocenters. The number of nitrogens with one attached hydrogen (secondary N) is 7. The van der Waals surface area contributed by atoms with Crippen molar-refractivity contribution in [1.29, 1.82) is 0 Å². The van der Waals surface area contributed by atoms with Crippen LogP contribution in [0.1, 0.15) is 80.6 Å². The maximum Gasteiger partial charge on any atom is 0.326 e. The number of aliphatic hydroxyl groups is 2. The first-order valence-electron chi connectivity index (χ1n) is 19.0. The molecule has 0 fully saturated rings. The van der Waals surface area contributed by atoms with Gasteiger partial charge >= 0.3 is 11.9 Å². The van der Waals surface area contributed by atoms with Crippen LogP contribution < -0.4 is 54.4 Å². The van der Waals surface area contributed by atoms with Crippen molar-refractivity contribution >= 4 is 59.2 Å². The Kier molecular flexibility index (Phi) is 23.9. The Morgan fingerprint density at radius 1 is 0.644 bits per heavy atom. The van der Waals surface area contributed by atoms with E-state index in [-0.39, 0.29) is 43.6 Å². The van der Waals surface area contributed by atoms with Gasteiger partial charge in [-0.3, -0.25) is 43.3 Å². The first-order chi connectivity index (χ1) is 27.3. The van der Waals surface area contributed by atoms with Crippen LogP contribution in [0, 0.1) is 11.8 Å². The number of nitrogens with two attached hydrogens (primary N) is 3. The normalized spacial score (nSPS) is 16.1. The number of amides is 7. The molecule has 0 unspecified atom stereocenters. The number of carboxylic acids is 2. The van der Waals surface area contributed by atoms with E-state index in [9.17, 15) is 63.6 Å². The predicted molar refractivity (Wildman–Crippen MR) is 210 cm³/mol. The monoisotopic (exact) mass is 845 g/mol. The molecular formula is C35H63N11O13. The van der Waals surface area contributed by atoms with E-state index in [0.717, 1.165) is 13.8 Å². The molecule has 24 nitrogen and oxygen atoms in total. The number of aliphatic carboxylic acids is 2. The number of hydrogen-bond donors (Lipinski definition) is 14. The Labute approximate surface area is 342 Å². The van der Waals surface area contributed by atoms with Crippen LogP contribution in [0.15, 0.2) is 4.99 Å². The number of carboxylic acid groups (broad SMARTS) is 2. The lowest BCUT2D eigenvalue weighted by molar-refractivity contribution is -0.143. The lowest BCUT2D eigenvalue weighted by Gasteiger charge is -2.27. The van der Waals surface area contributed by atoms with Crippen molar-refractivity contribution in [2.24, 2.45) is 34.0 Å². The van der Waals surface area contributed by atoms with E-state index in [4.69, 9.17) is 17.2 Å². The number of rotatable bonds is 27. The summed E-state index contributed by atoms with van der Waals surface area (Å²) in [5, 5.41) is 55.4. The van der Waals surface area contributed by atoms with Crippen LogP contribution in [0.2, 0.25) is 0 Å². The molecule has 0 radical (unpaired) electrons. The number of hydrogen-bond acceptors (Lipinski definition) is 13. The molecule has 0 aliphatic heterocycles. The van der Waals surface area contributed by atoms with Crippen LogP contribution in [0.4, 0.5) is 0 Å². The smallest absolute Gasteiger partial charge is 0.326 e. The van der Waals surface area contributed by atoms with Gasteiger partial charge in [0.15, 0.2) is 5.96 Å². The molecule has 0 aromatic carbocycles. The third-order valence-corrected chi connectivity index (χ3v) is 8.79. The molecule has 0 saturated heterocycles. The van der Waals surface area contributed by atoms with Gasteiger partial charge in [-0.1, -0.05) is 34.1 Å². The van der Waals surface area contributed by atoms with Crippen molar-refractivity contribution in [2.75, 3.05) is 13.1 Å². The van der Waals surface area contributed by atoms with E-state index in [2.05, 4.69) is 42.2 Å². The summed E-state index contributed by atoms with van der Waals surface area (Å²) >= 11 is 0. The zero-order chi connectivity index (χ0) is 45.7.